The first-order valence-electron chi connectivity index (χ1n) is 9.13. The monoisotopic (exact) mass is 330 g/mol. The van der Waals surface area contributed by atoms with Crippen molar-refractivity contribution >= 4 is 0 Å². The van der Waals surface area contributed by atoms with Crippen LogP contribution in [0.1, 0.15) is 52.3 Å². The number of aromatic nitrogens is 3. The Kier molecular flexibility index (Phi) is 6.79. The lowest BCUT2D eigenvalue weighted by Crippen LogP contribution is -2.32. The molecular weight excluding hydrogens is 300 g/mol. The molecule has 0 N–H and O–H groups in total. The van der Waals surface area contributed by atoms with Crippen LogP contribution in [-0.4, -0.2) is 38.9 Å². The Hall–Kier alpha value is -1.88. The first kappa shape index (κ1) is 18.5. The van der Waals surface area contributed by atoms with Gasteiger partial charge in [-0.05, 0) is 38.1 Å². The van der Waals surface area contributed by atoms with Crippen LogP contribution in [0.3, 0.4) is 0 Å². The normalized spacial score (nSPS) is 11.6. The van der Waals surface area contributed by atoms with Gasteiger partial charge in [0.15, 0.2) is 0 Å². The summed E-state index contributed by atoms with van der Waals surface area (Å²) in [6, 6.07) is 9.69. The molecule has 0 aliphatic heterocycles. The van der Waals surface area contributed by atoms with Gasteiger partial charge in [0.05, 0.1) is 5.69 Å². The molecule has 1 aromatic heterocycles. The van der Waals surface area contributed by atoms with E-state index in [-0.39, 0.29) is 5.69 Å². The highest BCUT2D eigenvalue weighted by Gasteiger charge is 2.20. The van der Waals surface area contributed by atoms with Gasteiger partial charge >= 0.3 is 5.69 Å². The minimum atomic E-state index is -0.0322. The van der Waals surface area contributed by atoms with Gasteiger partial charge in [0.2, 0.25) is 0 Å². The van der Waals surface area contributed by atoms with Crippen LogP contribution >= 0.6 is 0 Å². The number of rotatable bonds is 9. The van der Waals surface area contributed by atoms with Crippen LogP contribution in [0.4, 0.5) is 0 Å². The lowest BCUT2D eigenvalue weighted by atomic mass is 10.0. The number of hydrogen-bond donors (Lipinski definition) is 0. The standard InChI is InChI=1S/C19H30N4O/c1-5-16(6-2)18-20-23(17-12-10-9-11-13-17)19(24)22(18)15-14-21(7-3)8-4/h9-13,16H,5-8,14-15H2,1-4H3. The van der Waals surface area contributed by atoms with Crippen LogP contribution in [-0.2, 0) is 6.54 Å². The van der Waals surface area contributed by atoms with Crippen LogP contribution in [0.25, 0.3) is 5.69 Å². The topological polar surface area (TPSA) is 43.1 Å². The summed E-state index contributed by atoms with van der Waals surface area (Å²) in [4.78, 5) is 15.3. The maximum Gasteiger partial charge on any atom is 0.350 e. The van der Waals surface area contributed by atoms with Gasteiger partial charge in [-0.1, -0.05) is 45.9 Å². The van der Waals surface area contributed by atoms with Crippen molar-refractivity contribution in [1.82, 2.24) is 19.2 Å². The molecule has 1 heterocycles. The molecule has 0 aliphatic rings. The van der Waals surface area contributed by atoms with E-state index in [1.165, 1.54) is 0 Å². The van der Waals surface area contributed by atoms with Gasteiger partial charge in [0, 0.05) is 19.0 Å². The third-order valence-electron chi connectivity index (χ3n) is 4.78. The number of para-hydroxylation sites is 1. The molecule has 0 radical (unpaired) electrons. The maximum absolute atomic E-state index is 13.0. The van der Waals surface area contributed by atoms with E-state index in [1.807, 2.05) is 34.9 Å². The third kappa shape index (κ3) is 3.96. The van der Waals surface area contributed by atoms with Gasteiger partial charge in [-0.15, -0.1) is 5.10 Å². The number of benzene rings is 1. The molecule has 5 heteroatoms. The molecule has 0 spiro atoms. The first-order chi connectivity index (χ1) is 11.7. The SMILES string of the molecule is CCC(CC)c1nn(-c2ccccc2)c(=O)n1CCN(CC)CC. The van der Waals surface area contributed by atoms with E-state index < -0.39 is 0 Å². The van der Waals surface area contributed by atoms with Crippen LogP contribution in [0.5, 0.6) is 0 Å². The van der Waals surface area contributed by atoms with Crippen molar-refractivity contribution in [2.24, 2.45) is 0 Å². The summed E-state index contributed by atoms with van der Waals surface area (Å²) in [6.45, 7) is 12.2. The summed E-state index contributed by atoms with van der Waals surface area (Å²) in [5, 5.41) is 4.70. The second-order valence-electron chi connectivity index (χ2n) is 6.08. The quantitative estimate of drug-likeness (QED) is 0.709. The Morgan fingerprint density at radius 2 is 1.67 bits per heavy atom. The largest absolute Gasteiger partial charge is 0.350 e. The van der Waals surface area contributed by atoms with Gasteiger partial charge < -0.3 is 4.90 Å². The maximum atomic E-state index is 13.0. The molecule has 0 saturated heterocycles. The smallest absolute Gasteiger partial charge is 0.302 e. The first-order valence-corrected chi connectivity index (χ1v) is 9.13. The van der Waals surface area contributed by atoms with Crippen molar-refractivity contribution in [2.75, 3.05) is 19.6 Å². The minimum absolute atomic E-state index is 0.0322. The Labute approximate surface area is 144 Å². The average molecular weight is 330 g/mol. The molecule has 0 atom stereocenters. The highest BCUT2D eigenvalue weighted by molar-refractivity contribution is 5.29. The van der Waals surface area contributed by atoms with Gasteiger partial charge in [0.25, 0.3) is 0 Å². The summed E-state index contributed by atoms with van der Waals surface area (Å²) in [5.41, 5.74) is 0.798. The van der Waals surface area contributed by atoms with Crippen molar-refractivity contribution in [3.8, 4) is 5.69 Å². The molecule has 24 heavy (non-hydrogen) atoms. The highest BCUT2D eigenvalue weighted by atomic mass is 16.2. The zero-order valence-corrected chi connectivity index (χ0v) is 15.4. The van der Waals surface area contributed by atoms with E-state index in [2.05, 4.69) is 32.6 Å². The summed E-state index contributed by atoms with van der Waals surface area (Å²) in [5.74, 6) is 1.24. The Morgan fingerprint density at radius 3 is 2.21 bits per heavy atom. The fourth-order valence-corrected chi connectivity index (χ4v) is 3.10. The summed E-state index contributed by atoms with van der Waals surface area (Å²) in [6.07, 6.45) is 1.99. The molecule has 2 rings (SSSR count). The van der Waals surface area contributed by atoms with E-state index >= 15 is 0 Å². The van der Waals surface area contributed by atoms with Crippen molar-refractivity contribution in [1.29, 1.82) is 0 Å². The lowest BCUT2D eigenvalue weighted by molar-refractivity contribution is 0.286. The van der Waals surface area contributed by atoms with Crippen molar-refractivity contribution < 1.29 is 0 Å². The van der Waals surface area contributed by atoms with Crippen molar-refractivity contribution in [3.05, 3.63) is 46.6 Å². The number of likely N-dealkylation sites (N-methyl/N-ethyl adjacent to an activating group) is 1. The molecular formula is C19H30N4O. The van der Waals surface area contributed by atoms with E-state index in [9.17, 15) is 4.79 Å². The molecule has 5 nitrogen and oxygen atoms in total. The number of nitrogens with zero attached hydrogens (tertiary/aromatic N) is 4. The van der Waals surface area contributed by atoms with Crippen LogP contribution in [0, 0.1) is 0 Å². The van der Waals surface area contributed by atoms with Crippen LogP contribution in [0.2, 0.25) is 0 Å². The van der Waals surface area contributed by atoms with Crippen LogP contribution < -0.4 is 5.69 Å². The average Bonchev–Trinajstić information content (AvgIpc) is 2.95. The van der Waals surface area contributed by atoms with E-state index in [0.29, 0.717) is 12.5 Å². The third-order valence-corrected chi connectivity index (χ3v) is 4.78. The van der Waals surface area contributed by atoms with Gasteiger partial charge in [0.1, 0.15) is 5.82 Å². The second kappa shape index (κ2) is 8.83. The molecule has 0 bridgehead atoms. The second-order valence-corrected chi connectivity index (χ2v) is 6.08. The predicted octanol–water partition coefficient (Wildman–Crippen LogP) is 3.28. The zero-order valence-electron chi connectivity index (χ0n) is 15.4. The highest BCUT2D eigenvalue weighted by Crippen LogP contribution is 2.20. The van der Waals surface area contributed by atoms with E-state index in [4.69, 9.17) is 5.10 Å². The van der Waals surface area contributed by atoms with Crippen molar-refractivity contribution in [3.63, 3.8) is 0 Å². The summed E-state index contributed by atoms with van der Waals surface area (Å²) >= 11 is 0. The zero-order chi connectivity index (χ0) is 17.5. The van der Waals surface area contributed by atoms with E-state index in [1.54, 1.807) is 4.68 Å². The minimum Gasteiger partial charge on any atom is -0.302 e. The fourth-order valence-electron chi connectivity index (χ4n) is 3.10. The predicted molar refractivity (Wildman–Crippen MR) is 98.9 cm³/mol. The Bertz CT molecular complexity index is 666. The van der Waals surface area contributed by atoms with Gasteiger partial charge in [-0.2, -0.15) is 4.68 Å². The molecule has 2 aromatic rings. The molecule has 0 amide bonds. The molecule has 0 unspecified atom stereocenters. The number of hydrogen-bond acceptors (Lipinski definition) is 3. The van der Waals surface area contributed by atoms with E-state index in [0.717, 1.165) is 44.0 Å². The van der Waals surface area contributed by atoms with Gasteiger partial charge in [-0.25, -0.2) is 4.79 Å². The summed E-state index contributed by atoms with van der Waals surface area (Å²) < 4.78 is 3.43. The Morgan fingerprint density at radius 1 is 1.04 bits per heavy atom. The molecule has 132 valence electrons. The lowest BCUT2D eigenvalue weighted by Gasteiger charge is -2.19. The molecule has 0 fully saturated rings. The van der Waals surface area contributed by atoms with Gasteiger partial charge in [-0.3, -0.25) is 4.57 Å². The Balaban J connectivity index is 2.42. The van der Waals surface area contributed by atoms with Crippen molar-refractivity contribution in [2.45, 2.75) is 53.0 Å². The molecule has 1 aromatic carbocycles. The molecule has 0 saturated carbocycles. The molecule has 0 aliphatic carbocycles. The van der Waals surface area contributed by atoms with Crippen LogP contribution in [0.15, 0.2) is 35.1 Å². The fraction of sp³-hybridized carbons (Fsp3) is 0.579. The summed E-state index contributed by atoms with van der Waals surface area (Å²) in [7, 11) is 0.